The van der Waals surface area contributed by atoms with E-state index in [0.717, 1.165) is 39.1 Å². The first kappa shape index (κ1) is 13.5. The molecule has 1 heterocycles. The van der Waals surface area contributed by atoms with Gasteiger partial charge in [0.15, 0.2) is 0 Å². The second-order valence-corrected chi connectivity index (χ2v) is 5.46. The molecule has 18 heavy (non-hydrogen) atoms. The van der Waals surface area contributed by atoms with Crippen molar-refractivity contribution in [3.63, 3.8) is 0 Å². The van der Waals surface area contributed by atoms with Crippen molar-refractivity contribution in [3.05, 3.63) is 35.9 Å². The van der Waals surface area contributed by atoms with E-state index in [1.54, 1.807) is 0 Å². The van der Waals surface area contributed by atoms with Gasteiger partial charge in [-0.25, -0.2) is 0 Å². The lowest BCUT2D eigenvalue weighted by atomic mass is 9.87. The Kier molecular flexibility index (Phi) is 4.38. The van der Waals surface area contributed by atoms with Gasteiger partial charge in [0.25, 0.3) is 0 Å². The van der Waals surface area contributed by atoms with Crippen LogP contribution < -0.4 is 5.73 Å². The quantitative estimate of drug-likeness (QED) is 0.875. The van der Waals surface area contributed by atoms with Gasteiger partial charge in [0.05, 0.1) is 5.54 Å². The van der Waals surface area contributed by atoms with Crippen LogP contribution >= 0.6 is 0 Å². The molecule has 0 spiro atoms. The van der Waals surface area contributed by atoms with E-state index in [1.807, 2.05) is 0 Å². The summed E-state index contributed by atoms with van der Waals surface area (Å²) in [6.07, 6.45) is 0.976. The first-order valence-corrected chi connectivity index (χ1v) is 6.89. The predicted molar refractivity (Wildman–Crippen MR) is 76.5 cm³/mol. The Bertz CT molecular complexity index is 357. The second-order valence-electron chi connectivity index (χ2n) is 5.46. The Morgan fingerprint density at radius 1 is 1.11 bits per heavy atom. The highest BCUT2D eigenvalue weighted by atomic mass is 15.3. The average Bonchev–Trinajstić information content (AvgIpc) is 2.42. The molecular weight excluding hydrogens is 222 g/mol. The van der Waals surface area contributed by atoms with Crippen LogP contribution in [-0.2, 0) is 5.54 Å². The summed E-state index contributed by atoms with van der Waals surface area (Å²) in [4.78, 5) is 4.87. The number of piperazine rings is 1. The summed E-state index contributed by atoms with van der Waals surface area (Å²) in [6.45, 7) is 7.69. The van der Waals surface area contributed by atoms with E-state index in [0.29, 0.717) is 0 Å². The maximum Gasteiger partial charge on any atom is 0.0535 e. The molecule has 0 bridgehead atoms. The number of nitrogens with zero attached hydrogens (tertiary/aromatic N) is 2. The zero-order valence-corrected chi connectivity index (χ0v) is 11.6. The van der Waals surface area contributed by atoms with E-state index in [1.165, 1.54) is 5.56 Å². The van der Waals surface area contributed by atoms with E-state index in [-0.39, 0.29) is 5.54 Å². The minimum absolute atomic E-state index is 0.211. The molecule has 1 aromatic carbocycles. The minimum atomic E-state index is -0.211. The molecule has 0 aromatic heterocycles. The molecule has 1 fully saturated rings. The molecule has 0 amide bonds. The van der Waals surface area contributed by atoms with Crippen LogP contribution in [0.2, 0.25) is 0 Å². The van der Waals surface area contributed by atoms with Gasteiger partial charge in [0.1, 0.15) is 0 Å². The van der Waals surface area contributed by atoms with Crippen molar-refractivity contribution in [2.75, 3.05) is 39.8 Å². The van der Waals surface area contributed by atoms with Crippen molar-refractivity contribution in [2.45, 2.75) is 18.9 Å². The van der Waals surface area contributed by atoms with Crippen LogP contribution in [0, 0.1) is 0 Å². The first-order valence-electron chi connectivity index (χ1n) is 6.89. The van der Waals surface area contributed by atoms with Gasteiger partial charge < -0.3 is 10.6 Å². The van der Waals surface area contributed by atoms with Gasteiger partial charge in [-0.15, -0.1) is 0 Å². The van der Waals surface area contributed by atoms with E-state index in [9.17, 15) is 0 Å². The summed E-state index contributed by atoms with van der Waals surface area (Å²) in [5.74, 6) is 0. The molecule has 2 rings (SSSR count). The molecule has 1 atom stereocenters. The molecule has 1 aliphatic rings. The SMILES string of the molecule is CCC(N)(CN1CCN(C)CC1)c1ccccc1. The van der Waals surface area contributed by atoms with Gasteiger partial charge in [-0.05, 0) is 19.0 Å². The summed E-state index contributed by atoms with van der Waals surface area (Å²) < 4.78 is 0. The Morgan fingerprint density at radius 3 is 2.28 bits per heavy atom. The smallest absolute Gasteiger partial charge is 0.0535 e. The minimum Gasteiger partial charge on any atom is -0.320 e. The van der Waals surface area contributed by atoms with Gasteiger partial charge in [-0.1, -0.05) is 37.3 Å². The van der Waals surface area contributed by atoms with Gasteiger partial charge >= 0.3 is 0 Å². The molecule has 0 aliphatic carbocycles. The fourth-order valence-electron chi connectivity index (χ4n) is 2.58. The van der Waals surface area contributed by atoms with Crippen molar-refractivity contribution in [1.29, 1.82) is 0 Å². The Balaban J connectivity index is 2.04. The lowest BCUT2D eigenvalue weighted by Crippen LogP contribution is -2.53. The number of nitrogens with two attached hydrogens (primary N) is 1. The van der Waals surface area contributed by atoms with Crippen LogP contribution in [0.4, 0.5) is 0 Å². The lowest BCUT2D eigenvalue weighted by molar-refractivity contribution is 0.124. The van der Waals surface area contributed by atoms with Crippen LogP contribution in [0.15, 0.2) is 30.3 Å². The number of hydrogen-bond donors (Lipinski definition) is 1. The third-order valence-electron chi connectivity index (χ3n) is 4.08. The fourth-order valence-corrected chi connectivity index (χ4v) is 2.58. The maximum absolute atomic E-state index is 6.63. The zero-order chi connectivity index (χ0) is 13.0. The van der Waals surface area contributed by atoms with Gasteiger partial charge in [-0.2, -0.15) is 0 Å². The molecule has 1 unspecified atom stereocenters. The second kappa shape index (κ2) is 5.83. The van der Waals surface area contributed by atoms with Crippen molar-refractivity contribution in [3.8, 4) is 0 Å². The van der Waals surface area contributed by atoms with Crippen LogP contribution in [0.25, 0.3) is 0 Å². The Hall–Kier alpha value is -0.900. The monoisotopic (exact) mass is 247 g/mol. The van der Waals surface area contributed by atoms with Crippen LogP contribution in [0.5, 0.6) is 0 Å². The Morgan fingerprint density at radius 2 is 1.72 bits per heavy atom. The normalized spacial score (nSPS) is 21.7. The molecule has 1 aliphatic heterocycles. The van der Waals surface area contributed by atoms with Crippen LogP contribution in [0.3, 0.4) is 0 Å². The third kappa shape index (κ3) is 3.10. The molecule has 1 aromatic rings. The number of likely N-dealkylation sites (N-methyl/N-ethyl adjacent to an activating group) is 1. The van der Waals surface area contributed by atoms with Crippen molar-refractivity contribution < 1.29 is 0 Å². The average molecular weight is 247 g/mol. The number of rotatable bonds is 4. The number of hydrogen-bond acceptors (Lipinski definition) is 3. The van der Waals surface area contributed by atoms with Crippen LogP contribution in [0.1, 0.15) is 18.9 Å². The van der Waals surface area contributed by atoms with Gasteiger partial charge in [0.2, 0.25) is 0 Å². The molecule has 0 saturated carbocycles. The van der Waals surface area contributed by atoms with Crippen LogP contribution in [-0.4, -0.2) is 49.6 Å². The first-order chi connectivity index (χ1) is 8.64. The summed E-state index contributed by atoms with van der Waals surface area (Å²) in [5, 5.41) is 0. The van der Waals surface area contributed by atoms with E-state index in [4.69, 9.17) is 5.73 Å². The molecule has 3 nitrogen and oxygen atoms in total. The van der Waals surface area contributed by atoms with Gasteiger partial charge in [0, 0.05) is 32.7 Å². The Labute approximate surface area is 111 Å². The van der Waals surface area contributed by atoms with Crippen molar-refractivity contribution in [1.82, 2.24) is 9.80 Å². The molecular formula is C15H25N3. The third-order valence-corrected chi connectivity index (χ3v) is 4.08. The van der Waals surface area contributed by atoms with E-state index < -0.39 is 0 Å². The highest BCUT2D eigenvalue weighted by molar-refractivity contribution is 5.24. The largest absolute Gasteiger partial charge is 0.320 e. The summed E-state index contributed by atoms with van der Waals surface area (Å²) in [6, 6.07) is 10.5. The highest BCUT2D eigenvalue weighted by Crippen LogP contribution is 2.23. The molecule has 3 heteroatoms. The molecule has 0 radical (unpaired) electrons. The highest BCUT2D eigenvalue weighted by Gasteiger charge is 2.28. The zero-order valence-electron chi connectivity index (χ0n) is 11.6. The summed E-state index contributed by atoms with van der Waals surface area (Å²) in [7, 11) is 2.18. The lowest BCUT2D eigenvalue weighted by Gasteiger charge is -2.39. The van der Waals surface area contributed by atoms with Gasteiger partial charge in [-0.3, -0.25) is 4.90 Å². The molecule has 2 N–H and O–H groups in total. The predicted octanol–water partition coefficient (Wildman–Crippen LogP) is 1.50. The standard InChI is InChI=1S/C15H25N3/c1-3-15(16,14-7-5-4-6-8-14)13-18-11-9-17(2)10-12-18/h4-8H,3,9-13,16H2,1-2H3. The molecule has 1 saturated heterocycles. The molecule has 100 valence electrons. The van der Waals surface area contributed by atoms with Crippen molar-refractivity contribution >= 4 is 0 Å². The summed E-state index contributed by atoms with van der Waals surface area (Å²) in [5.41, 5.74) is 7.67. The van der Waals surface area contributed by atoms with E-state index >= 15 is 0 Å². The maximum atomic E-state index is 6.63. The van der Waals surface area contributed by atoms with Crippen molar-refractivity contribution in [2.24, 2.45) is 5.73 Å². The number of benzene rings is 1. The van der Waals surface area contributed by atoms with E-state index in [2.05, 4.69) is 54.1 Å². The fraction of sp³-hybridized carbons (Fsp3) is 0.600. The summed E-state index contributed by atoms with van der Waals surface area (Å²) >= 11 is 0. The topological polar surface area (TPSA) is 32.5 Å².